The second-order valence-corrected chi connectivity index (χ2v) is 11.1. The van der Waals surface area contributed by atoms with E-state index in [0.717, 1.165) is 77.3 Å². The van der Waals surface area contributed by atoms with E-state index in [0.29, 0.717) is 0 Å². The van der Waals surface area contributed by atoms with Crippen LogP contribution >= 0.6 is 11.6 Å². The smallest absolute Gasteiger partial charge is 0.165 e. The number of hydrogen-bond donors (Lipinski definition) is 0. The lowest BCUT2D eigenvalue weighted by molar-refractivity contribution is 0.245. The van der Waals surface area contributed by atoms with Crippen LogP contribution in [0.25, 0.3) is 16.8 Å². The maximum atomic E-state index is 6.26. The van der Waals surface area contributed by atoms with Crippen LogP contribution in [0.4, 0.5) is 5.82 Å². The Bertz CT molecular complexity index is 1370. The lowest BCUT2D eigenvalue weighted by atomic mass is 9.91. The standard InChI is InChI=1S/C29H34ClN5O/c1-20-6-8-21(9-7-20)24-18-31-35-27(17-26(29(2,3)4)32-28(24)35)34-14-12-33(13-15-34)19-22-16-23(30)10-11-25(22)36-5/h6-11,16-18H,12-15,19H2,1-5H3. The first-order valence-electron chi connectivity index (χ1n) is 12.5. The Labute approximate surface area is 218 Å². The molecule has 4 aromatic rings. The molecule has 0 unspecified atom stereocenters. The van der Waals surface area contributed by atoms with Crippen molar-refractivity contribution in [3.63, 3.8) is 0 Å². The van der Waals surface area contributed by atoms with Gasteiger partial charge >= 0.3 is 0 Å². The van der Waals surface area contributed by atoms with Gasteiger partial charge in [-0.1, -0.05) is 62.2 Å². The zero-order valence-corrected chi connectivity index (χ0v) is 22.5. The number of benzene rings is 2. The summed E-state index contributed by atoms with van der Waals surface area (Å²) >= 11 is 6.26. The first kappa shape index (κ1) is 24.6. The van der Waals surface area contributed by atoms with Crippen LogP contribution in [0.2, 0.25) is 5.02 Å². The Hall–Kier alpha value is -3.09. The minimum absolute atomic E-state index is 0.0731. The van der Waals surface area contributed by atoms with E-state index in [4.69, 9.17) is 26.4 Å². The molecule has 7 heteroatoms. The monoisotopic (exact) mass is 503 g/mol. The zero-order valence-electron chi connectivity index (χ0n) is 21.8. The molecule has 0 spiro atoms. The second-order valence-electron chi connectivity index (χ2n) is 10.6. The summed E-state index contributed by atoms with van der Waals surface area (Å²) in [4.78, 5) is 9.98. The van der Waals surface area contributed by atoms with Crippen molar-refractivity contribution in [1.29, 1.82) is 0 Å². The van der Waals surface area contributed by atoms with Crippen molar-refractivity contribution < 1.29 is 4.74 Å². The normalized spacial score (nSPS) is 15.0. The van der Waals surface area contributed by atoms with Crippen molar-refractivity contribution in [2.45, 2.75) is 39.7 Å². The molecule has 2 aromatic heterocycles. The predicted molar refractivity (Wildman–Crippen MR) is 147 cm³/mol. The summed E-state index contributed by atoms with van der Waals surface area (Å²) in [5.74, 6) is 1.98. The molecule has 0 radical (unpaired) electrons. The summed E-state index contributed by atoms with van der Waals surface area (Å²) < 4.78 is 7.57. The van der Waals surface area contributed by atoms with E-state index in [1.807, 2.05) is 28.9 Å². The van der Waals surface area contributed by atoms with E-state index < -0.39 is 0 Å². The highest BCUT2D eigenvalue weighted by Crippen LogP contribution is 2.32. The first-order chi connectivity index (χ1) is 17.2. The molecule has 0 aliphatic carbocycles. The third kappa shape index (κ3) is 4.93. The Balaban J connectivity index is 1.44. The van der Waals surface area contributed by atoms with Gasteiger partial charge in [0.15, 0.2) is 5.65 Å². The number of aryl methyl sites for hydroxylation is 1. The molecule has 188 valence electrons. The molecule has 1 aliphatic rings. The molecule has 0 amide bonds. The minimum atomic E-state index is -0.0731. The summed E-state index contributed by atoms with van der Waals surface area (Å²) in [7, 11) is 1.71. The molecule has 1 aliphatic heterocycles. The minimum Gasteiger partial charge on any atom is -0.496 e. The van der Waals surface area contributed by atoms with Gasteiger partial charge in [0.25, 0.3) is 0 Å². The van der Waals surface area contributed by atoms with Crippen molar-refractivity contribution in [1.82, 2.24) is 19.5 Å². The number of fused-ring (bicyclic) bond motifs is 1. The Kier molecular flexibility index (Phi) is 6.66. The van der Waals surface area contributed by atoms with E-state index in [2.05, 4.69) is 67.8 Å². The molecule has 2 aromatic carbocycles. The number of halogens is 1. The average Bonchev–Trinajstić information content (AvgIpc) is 3.28. The molecular weight excluding hydrogens is 470 g/mol. The molecule has 1 saturated heterocycles. The fourth-order valence-electron chi connectivity index (χ4n) is 4.74. The largest absolute Gasteiger partial charge is 0.496 e. The third-order valence-corrected chi connectivity index (χ3v) is 7.15. The lowest BCUT2D eigenvalue weighted by Crippen LogP contribution is -2.46. The lowest BCUT2D eigenvalue weighted by Gasteiger charge is -2.36. The Morgan fingerprint density at radius 3 is 2.36 bits per heavy atom. The fraction of sp³-hybridized carbons (Fsp3) is 0.379. The van der Waals surface area contributed by atoms with Crippen LogP contribution in [0, 0.1) is 6.92 Å². The van der Waals surface area contributed by atoms with Gasteiger partial charge in [0, 0.05) is 60.4 Å². The topological polar surface area (TPSA) is 45.9 Å². The number of piperazine rings is 1. The molecule has 0 saturated carbocycles. The van der Waals surface area contributed by atoms with Crippen LogP contribution in [0.5, 0.6) is 5.75 Å². The summed E-state index contributed by atoms with van der Waals surface area (Å²) in [5.41, 5.74) is 6.48. The third-order valence-electron chi connectivity index (χ3n) is 6.92. The number of aromatic nitrogens is 3. The molecule has 0 bridgehead atoms. The molecule has 36 heavy (non-hydrogen) atoms. The Morgan fingerprint density at radius 2 is 1.69 bits per heavy atom. The number of anilines is 1. The molecular formula is C29H34ClN5O. The average molecular weight is 504 g/mol. The molecule has 6 nitrogen and oxygen atoms in total. The fourth-order valence-corrected chi connectivity index (χ4v) is 4.93. The quantitative estimate of drug-likeness (QED) is 0.335. The van der Waals surface area contributed by atoms with Gasteiger partial charge < -0.3 is 9.64 Å². The van der Waals surface area contributed by atoms with Gasteiger partial charge in [0.2, 0.25) is 0 Å². The van der Waals surface area contributed by atoms with Gasteiger partial charge in [-0.25, -0.2) is 4.98 Å². The number of rotatable bonds is 5. The predicted octanol–water partition coefficient (Wildman–Crippen LogP) is 5.99. The van der Waals surface area contributed by atoms with E-state index in [-0.39, 0.29) is 5.41 Å². The molecule has 0 N–H and O–H groups in total. The van der Waals surface area contributed by atoms with Crippen LogP contribution in [0.3, 0.4) is 0 Å². The van der Waals surface area contributed by atoms with Crippen LogP contribution in [0.1, 0.15) is 37.6 Å². The maximum Gasteiger partial charge on any atom is 0.165 e. The maximum absolute atomic E-state index is 6.26. The van der Waals surface area contributed by atoms with Crippen LogP contribution in [-0.4, -0.2) is 52.8 Å². The van der Waals surface area contributed by atoms with E-state index in [1.165, 1.54) is 5.56 Å². The number of hydrogen-bond acceptors (Lipinski definition) is 5. The summed E-state index contributed by atoms with van der Waals surface area (Å²) in [5, 5.41) is 5.54. The van der Waals surface area contributed by atoms with E-state index in [9.17, 15) is 0 Å². The first-order valence-corrected chi connectivity index (χ1v) is 12.9. The number of methoxy groups -OCH3 is 1. The van der Waals surface area contributed by atoms with Gasteiger partial charge in [-0.3, -0.25) is 4.90 Å². The van der Waals surface area contributed by atoms with Crippen LogP contribution in [0.15, 0.2) is 54.7 Å². The van der Waals surface area contributed by atoms with Crippen molar-refractivity contribution in [2.24, 2.45) is 0 Å². The van der Waals surface area contributed by atoms with Gasteiger partial charge in [-0.15, -0.1) is 0 Å². The van der Waals surface area contributed by atoms with Gasteiger partial charge in [-0.05, 0) is 30.7 Å². The highest BCUT2D eigenvalue weighted by atomic mass is 35.5. The summed E-state index contributed by atoms with van der Waals surface area (Å²) in [6, 6.07) is 16.6. The molecule has 1 fully saturated rings. The van der Waals surface area contributed by atoms with E-state index in [1.54, 1.807) is 7.11 Å². The van der Waals surface area contributed by atoms with Crippen LogP contribution in [-0.2, 0) is 12.0 Å². The van der Waals surface area contributed by atoms with Gasteiger partial charge in [-0.2, -0.15) is 9.61 Å². The van der Waals surface area contributed by atoms with Crippen molar-refractivity contribution >= 4 is 23.1 Å². The van der Waals surface area contributed by atoms with Crippen LogP contribution < -0.4 is 9.64 Å². The summed E-state index contributed by atoms with van der Waals surface area (Å²) in [6.07, 6.45) is 1.95. The van der Waals surface area contributed by atoms with Gasteiger partial charge in [0.1, 0.15) is 11.6 Å². The summed E-state index contributed by atoms with van der Waals surface area (Å²) in [6.45, 7) is 13.3. The highest BCUT2D eigenvalue weighted by Gasteiger charge is 2.25. The van der Waals surface area contributed by atoms with Crippen molar-refractivity contribution in [2.75, 3.05) is 38.2 Å². The highest BCUT2D eigenvalue weighted by molar-refractivity contribution is 6.30. The Morgan fingerprint density at radius 1 is 0.972 bits per heavy atom. The second kappa shape index (κ2) is 9.75. The van der Waals surface area contributed by atoms with Crippen molar-refractivity contribution in [3.8, 4) is 16.9 Å². The zero-order chi connectivity index (χ0) is 25.4. The van der Waals surface area contributed by atoms with Crippen molar-refractivity contribution in [3.05, 3.63) is 76.6 Å². The molecule has 3 heterocycles. The number of nitrogens with zero attached hydrogens (tertiary/aromatic N) is 5. The van der Waals surface area contributed by atoms with E-state index >= 15 is 0 Å². The molecule has 0 atom stereocenters. The molecule has 5 rings (SSSR count). The SMILES string of the molecule is COc1ccc(Cl)cc1CN1CCN(c2cc(C(C)(C)C)nc3c(-c4ccc(C)cc4)cnn23)CC1. The number of ether oxygens (including phenoxy) is 1. The van der Waals surface area contributed by atoms with Gasteiger partial charge in [0.05, 0.1) is 19.0 Å².